The van der Waals surface area contributed by atoms with E-state index in [1.54, 1.807) is 21.3 Å². The highest BCUT2D eigenvalue weighted by molar-refractivity contribution is 6.62. The molecule has 0 fully saturated rings. The summed E-state index contributed by atoms with van der Waals surface area (Å²) in [6.07, 6.45) is 0. The van der Waals surface area contributed by atoms with Crippen molar-refractivity contribution in [2.24, 2.45) is 0 Å². The Hall–Kier alpha value is -0.0162. The molecule has 0 spiro atoms. The fraction of sp³-hybridized carbons (Fsp3) is 1.00. The van der Waals surface area contributed by atoms with Crippen LogP contribution in [0.15, 0.2) is 0 Å². The van der Waals surface area contributed by atoms with Gasteiger partial charge in [0.05, 0.1) is 0 Å². The number of rotatable bonds is 6. The first-order valence-electron chi connectivity index (χ1n) is 4.99. The minimum Gasteiger partial charge on any atom is -0.377 e. The summed E-state index contributed by atoms with van der Waals surface area (Å²) < 4.78 is 63.5. The summed E-state index contributed by atoms with van der Waals surface area (Å²) in [4.78, 5) is 0. The van der Waals surface area contributed by atoms with Gasteiger partial charge in [0.25, 0.3) is 0 Å². The molecule has 0 aliphatic carbocycles. The van der Waals surface area contributed by atoms with E-state index in [1.807, 2.05) is 6.55 Å². The molecular weight excluding hydrogens is 305 g/mol. The average Bonchev–Trinajstić information content (AvgIpc) is 2.39. The Morgan fingerprint density at radius 3 is 0.895 bits per heavy atom. The molecular formula is C8H21F3O6Si2. The molecule has 6 nitrogen and oxygen atoms in total. The van der Waals surface area contributed by atoms with Gasteiger partial charge in [-0.25, -0.2) is 0 Å². The normalized spacial score (nSPS) is 12.9. The van der Waals surface area contributed by atoms with E-state index in [0.717, 1.165) is 21.3 Å². The highest BCUT2D eigenvalue weighted by Crippen LogP contribution is 2.29. The Morgan fingerprint density at radius 1 is 0.632 bits per heavy atom. The molecule has 19 heavy (non-hydrogen) atoms. The zero-order valence-electron chi connectivity index (χ0n) is 12.1. The van der Waals surface area contributed by atoms with Gasteiger partial charge in [-0.05, 0) is 0 Å². The quantitative estimate of drug-likeness (QED) is 0.689. The van der Waals surface area contributed by atoms with E-state index in [0.29, 0.717) is 0 Å². The molecule has 0 aromatic carbocycles. The average molecular weight is 326 g/mol. The van der Waals surface area contributed by atoms with Gasteiger partial charge in [0.15, 0.2) is 0 Å². The van der Waals surface area contributed by atoms with E-state index in [4.69, 9.17) is 13.3 Å². The maximum absolute atomic E-state index is 12.1. The minimum atomic E-state index is -4.56. The third kappa shape index (κ3) is 6.31. The summed E-state index contributed by atoms with van der Waals surface area (Å²) >= 11 is 0. The highest BCUT2D eigenvalue weighted by Gasteiger charge is 2.65. The SMILES string of the molecule is CO[Si](C)(OC)OC.CO[Si](OC)(OC)C(F)(F)F. The standard InChI is InChI=1S/C4H9F3O3Si.C4H12O3Si/c1-8-11(9-2,10-3)4(5,6)7;1-5-8(4,6-2)7-3/h1-3H3;1-4H3. The molecule has 0 rings (SSSR count). The third-order valence-corrected chi connectivity index (χ3v) is 6.80. The van der Waals surface area contributed by atoms with Gasteiger partial charge < -0.3 is 26.6 Å². The van der Waals surface area contributed by atoms with E-state index in [9.17, 15) is 13.2 Å². The van der Waals surface area contributed by atoms with Crippen LogP contribution in [0.2, 0.25) is 6.55 Å². The van der Waals surface area contributed by atoms with E-state index >= 15 is 0 Å². The fourth-order valence-corrected chi connectivity index (χ4v) is 2.54. The molecule has 0 bridgehead atoms. The lowest BCUT2D eigenvalue weighted by Gasteiger charge is -2.25. The Bertz CT molecular complexity index is 216. The summed E-state index contributed by atoms with van der Waals surface area (Å²) in [5.41, 5.74) is 0. The smallest absolute Gasteiger partial charge is 0.377 e. The van der Waals surface area contributed by atoms with E-state index in [2.05, 4.69) is 13.3 Å². The molecule has 0 N–H and O–H groups in total. The first kappa shape index (κ1) is 21.3. The Kier molecular flexibility index (Phi) is 10.1. The molecule has 0 aromatic rings. The van der Waals surface area contributed by atoms with Gasteiger partial charge >= 0.3 is 23.4 Å². The molecule has 0 saturated heterocycles. The lowest BCUT2D eigenvalue weighted by atomic mass is 11.5. The summed E-state index contributed by atoms with van der Waals surface area (Å²) in [6, 6.07) is 0. The van der Waals surface area contributed by atoms with Crippen LogP contribution < -0.4 is 0 Å². The monoisotopic (exact) mass is 326 g/mol. The lowest BCUT2D eigenvalue weighted by molar-refractivity contribution is -0.122. The van der Waals surface area contributed by atoms with Crippen molar-refractivity contribution in [3.05, 3.63) is 0 Å². The van der Waals surface area contributed by atoms with Crippen LogP contribution in [0.5, 0.6) is 0 Å². The molecule has 0 unspecified atom stereocenters. The van der Waals surface area contributed by atoms with Crippen LogP contribution in [-0.4, -0.2) is 66.1 Å². The summed E-state index contributed by atoms with van der Waals surface area (Å²) in [5.74, 6) is -4.56. The lowest BCUT2D eigenvalue weighted by Crippen LogP contribution is -2.56. The van der Waals surface area contributed by atoms with Crippen molar-refractivity contribution in [1.82, 2.24) is 0 Å². The van der Waals surface area contributed by atoms with Crippen LogP contribution in [0.4, 0.5) is 13.2 Å². The Labute approximate surface area is 113 Å². The largest absolute Gasteiger partial charge is 0.615 e. The van der Waals surface area contributed by atoms with Crippen LogP contribution in [0.3, 0.4) is 0 Å². The van der Waals surface area contributed by atoms with E-state index < -0.39 is 23.4 Å². The van der Waals surface area contributed by atoms with E-state index in [1.165, 1.54) is 0 Å². The second kappa shape index (κ2) is 9.02. The molecule has 0 amide bonds. The van der Waals surface area contributed by atoms with Crippen molar-refractivity contribution in [3.63, 3.8) is 0 Å². The van der Waals surface area contributed by atoms with Gasteiger partial charge in [0.1, 0.15) is 0 Å². The molecule has 0 aromatic heterocycles. The maximum atomic E-state index is 12.1. The van der Waals surface area contributed by atoms with Crippen LogP contribution >= 0.6 is 0 Å². The molecule has 118 valence electrons. The topological polar surface area (TPSA) is 55.4 Å². The van der Waals surface area contributed by atoms with Crippen molar-refractivity contribution >= 4 is 17.6 Å². The van der Waals surface area contributed by atoms with Gasteiger partial charge in [0, 0.05) is 49.2 Å². The zero-order valence-corrected chi connectivity index (χ0v) is 14.1. The minimum absolute atomic E-state index is 0.909. The van der Waals surface area contributed by atoms with Crippen LogP contribution in [0.25, 0.3) is 0 Å². The number of halogens is 3. The number of alkyl halides is 3. The molecule has 0 heterocycles. The van der Waals surface area contributed by atoms with Gasteiger partial charge in [-0.1, -0.05) is 0 Å². The molecule has 0 atom stereocenters. The van der Waals surface area contributed by atoms with Crippen LogP contribution in [0.1, 0.15) is 0 Å². The van der Waals surface area contributed by atoms with Crippen LogP contribution in [0, 0.1) is 0 Å². The number of hydrogen-bond donors (Lipinski definition) is 0. The predicted molar refractivity (Wildman–Crippen MR) is 65.5 cm³/mol. The molecule has 0 aliphatic rings. The summed E-state index contributed by atoms with van der Waals surface area (Å²) in [5, 5.41) is 0. The third-order valence-electron chi connectivity index (χ3n) is 2.27. The summed E-state index contributed by atoms with van der Waals surface area (Å²) in [6.45, 7) is 1.83. The van der Waals surface area contributed by atoms with Crippen molar-refractivity contribution < 1.29 is 39.7 Å². The van der Waals surface area contributed by atoms with Crippen molar-refractivity contribution in [1.29, 1.82) is 0 Å². The molecule has 0 saturated carbocycles. The Balaban J connectivity index is 0. The van der Waals surface area contributed by atoms with Crippen molar-refractivity contribution in [2.75, 3.05) is 42.7 Å². The second-order valence-electron chi connectivity index (χ2n) is 3.14. The van der Waals surface area contributed by atoms with Crippen molar-refractivity contribution in [3.8, 4) is 0 Å². The van der Waals surface area contributed by atoms with Gasteiger partial charge in [0.2, 0.25) is 0 Å². The van der Waals surface area contributed by atoms with Gasteiger partial charge in [-0.15, -0.1) is 0 Å². The van der Waals surface area contributed by atoms with Gasteiger partial charge in [-0.2, -0.15) is 13.2 Å². The predicted octanol–water partition coefficient (Wildman–Crippen LogP) is 1.46. The first-order chi connectivity index (χ1) is 8.61. The highest BCUT2D eigenvalue weighted by atomic mass is 28.4. The van der Waals surface area contributed by atoms with E-state index in [-0.39, 0.29) is 0 Å². The van der Waals surface area contributed by atoms with Gasteiger partial charge in [-0.3, -0.25) is 0 Å². The maximum Gasteiger partial charge on any atom is 0.615 e. The zero-order chi connectivity index (χ0) is 15.7. The molecule has 11 heteroatoms. The fourth-order valence-electron chi connectivity index (χ4n) is 0.847. The molecule has 0 aliphatic heterocycles. The molecule has 0 radical (unpaired) electrons. The van der Waals surface area contributed by atoms with Crippen molar-refractivity contribution in [2.45, 2.75) is 12.3 Å². The Morgan fingerprint density at radius 2 is 0.895 bits per heavy atom. The first-order valence-corrected chi connectivity index (χ1v) is 8.94. The second-order valence-corrected chi connectivity index (χ2v) is 8.99. The van der Waals surface area contributed by atoms with Crippen LogP contribution in [-0.2, 0) is 26.6 Å². The number of hydrogen-bond acceptors (Lipinski definition) is 6. The summed E-state index contributed by atoms with van der Waals surface area (Å²) in [7, 11) is 0.886.